The van der Waals surface area contributed by atoms with Crippen LogP contribution in [0, 0.1) is 25.7 Å². The van der Waals surface area contributed by atoms with Crippen LogP contribution in [0.4, 0.5) is 0 Å². The van der Waals surface area contributed by atoms with Crippen LogP contribution in [0.25, 0.3) is 0 Å². The van der Waals surface area contributed by atoms with Gasteiger partial charge in [0.15, 0.2) is 0 Å². The van der Waals surface area contributed by atoms with Gasteiger partial charge in [0.05, 0.1) is 26.1 Å². The number of methoxy groups -OCH3 is 2. The summed E-state index contributed by atoms with van der Waals surface area (Å²) in [5, 5.41) is 19.8. The van der Waals surface area contributed by atoms with Gasteiger partial charge in [-0.3, -0.25) is 9.59 Å². The van der Waals surface area contributed by atoms with E-state index in [0.717, 1.165) is 11.1 Å². The largest absolute Gasteiger partial charge is 0.496 e. The standard InChI is InChI=1S/C22H24O6/c1-11-5-7-13(9-15(11)27-3)17-19(21(23)24)18(20(17)22(25)26)14-8-6-12(2)16(10-14)28-4/h5-10,17-20H,1-4H3,(H,23,24)(H,25,26). The van der Waals surface area contributed by atoms with E-state index in [4.69, 9.17) is 9.47 Å². The summed E-state index contributed by atoms with van der Waals surface area (Å²) in [6.07, 6.45) is 0. The molecule has 0 heterocycles. The highest BCUT2D eigenvalue weighted by Crippen LogP contribution is 2.58. The van der Waals surface area contributed by atoms with E-state index < -0.39 is 35.6 Å². The lowest BCUT2D eigenvalue weighted by Gasteiger charge is -2.48. The van der Waals surface area contributed by atoms with Crippen LogP contribution in [0.15, 0.2) is 36.4 Å². The van der Waals surface area contributed by atoms with E-state index in [0.29, 0.717) is 22.6 Å². The van der Waals surface area contributed by atoms with Crippen molar-refractivity contribution in [1.29, 1.82) is 0 Å². The monoisotopic (exact) mass is 384 g/mol. The quantitative estimate of drug-likeness (QED) is 0.790. The summed E-state index contributed by atoms with van der Waals surface area (Å²) < 4.78 is 10.7. The minimum Gasteiger partial charge on any atom is -0.496 e. The van der Waals surface area contributed by atoms with Gasteiger partial charge in [0.25, 0.3) is 0 Å². The van der Waals surface area contributed by atoms with Crippen LogP contribution in [0.1, 0.15) is 34.1 Å². The van der Waals surface area contributed by atoms with Crippen molar-refractivity contribution in [3.8, 4) is 11.5 Å². The summed E-state index contributed by atoms with van der Waals surface area (Å²) in [4.78, 5) is 24.2. The fraction of sp³-hybridized carbons (Fsp3) is 0.364. The number of carboxylic acids is 2. The highest BCUT2D eigenvalue weighted by atomic mass is 16.5. The Bertz CT molecular complexity index is 836. The Kier molecular flexibility index (Phi) is 5.31. The maximum absolute atomic E-state index is 12.1. The molecule has 3 rings (SSSR count). The Labute approximate surface area is 163 Å². The number of carboxylic acid groups (broad SMARTS) is 2. The third-order valence-corrected chi connectivity index (χ3v) is 5.75. The number of aliphatic carboxylic acids is 2. The number of aryl methyl sites for hydroxylation is 2. The van der Waals surface area contributed by atoms with Crippen LogP contribution >= 0.6 is 0 Å². The maximum Gasteiger partial charge on any atom is 0.307 e. The second kappa shape index (κ2) is 7.54. The zero-order valence-electron chi connectivity index (χ0n) is 16.3. The van der Waals surface area contributed by atoms with Crippen LogP contribution in [-0.2, 0) is 9.59 Å². The average Bonchev–Trinajstić information content (AvgIpc) is 2.62. The number of benzene rings is 2. The van der Waals surface area contributed by atoms with E-state index in [9.17, 15) is 19.8 Å². The first-order valence-corrected chi connectivity index (χ1v) is 9.04. The van der Waals surface area contributed by atoms with Gasteiger partial charge in [-0.15, -0.1) is 0 Å². The summed E-state index contributed by atoms with van der Waals surface area (Å²) in [6, 6.07) is 10.7. The molecule has 0 unspecified atom stereocenters. The lowest BCUT2D eigenvalue weighted by atomic mass is 9.52. The van der Waals surface area contributed by atoms with Crippen LogP contribution in [0.2, 0.25) is 0 Å². The zero-order chi connectivity index (χ0) is 20.6. The molecule has 0 amide bonds. The van der Waals surface area contributed by atoms with Crippen molar-refractivity contribution in [2.24, 2.45) is 11.8 Å². The van der Waals surface area contributed by atoms with Crippen molar-refractivity contribution in [1.82, 2.24) is 0 Å². The van der Waals surface area contributed by atoms with Crippen LogP contribution < -0.4 is 9.47 Å². The molecule has 2 aromatic rings. The number of ether oxygens (including phenoxy) is 2. The smallest absolute Gasteiger partial charge is 0.307 e. The summed E-state index contributed by atoms with van der Waals surface area (Å²) in [5.74, 6) is -3.75. The van der Waals surface area contributed by atoms with Gasteiger partial charge in [0.1, 0.15) is 11.5 Å². The van der Waals surface area contributed by atoms with E-state index in [1.54, 1.807) is 24.3 Å². The van der Waals surface area contributed by atoms with Gasteiger partial charge in [-0.2, -0.15) is 0 Å². The van der Waals surface area contributed by atoms with E-state index in [-0.39, 0.29) is 0 Å². The fourth-order valence-electron chi connectivity index (χ4n) is 4.28. The van der Waals surface area contributed by atoms with E-state index >= 15 is 0 Å². The number of hydrogen-bond acceptors (Lipinski definition) is 4. The van der Waals surface area contributed by atoms with Crippen molar-refractivity contribution in [2.75, 3.05) is 14.2 Å². The van der Waals surface area contributed by atoms with Crippen molar-refractivity contribution >= 4 is 11.9 Å². The van der Waals surface area contributed by atoms with Gasteiger partial charge in [-0.1, -0.05) is 24.3 Å². The van der Waals surface area contributed by atoms with Crippen LogP contribution in [-0.4, -0.2) is 36.4 Å². The van der Waals surface area contributed by atoms with E-state index in [2.05, 4.69) is 0 Å². The SMILES string of the molecule is COc1cc(C2C(C(=O)O)C(c3ccc(C)c(OC)c3)C2C(=O)O)ccc1C. The topological polar surface area (TPSA) is 93.1 Å². The van der Waals surface area contributed by atoms with Gasteiger partial charge in [-0.05, 0) is 48.2 Å². The summed E-state index contributed by atoms with van der Waals surface area (Å²) in [7, 11) is 3.08. The molecule has 6 nitrogen and oxygen atoms in total. The molecule has 1 saturated carbocycles. The molecule has 2 aromatic carbocycles. The second-order valence-corrected chi connectivity index (χ2v) is 7.24. The molecule has 0 radical (unpaired) electrons. The average molecular weight is 384 g/mol. The molecule has 0 aliphatic heterocycles. The van der Waals surface area contributed by atoms with Gasteiger partial charge < -0.3 is 19.7 Å². The van der Waals surface area contributed by atoms with Crippen LogP contribution in [0.3, 0.4) is 0 Å². The van der Waals surface area contributed by atoms with Gasteiger partial charge in [0.2, 0.25) is 0 Å². The van der Waals surface area contributed by atoms with Crippen molar-refractivity contribution < 1.29 is 29.3 Å². The number of hydrogen-bond donors (Lipinski definition) is 2. The summed E-state index contributed by atoms with van der Waals surface area (Å²) in [5.41, 5.74) is 3.14. The molecule has 0 saturated heterocycles. The predicted molar refractivity (Wildman–Crippen MR) is 103 cm³/mol. The van der Waals surface area contributed by atoms with Crippen molar-refractivity contribution in [3.05, 3.63) is 58.7 Å². The molecule has 28 heavy (non-hydrogen) atoms. The molecule has 0 spiro atoms. The molecule has 0 aromatic heterocycles. The first-order valence-electron chi connectivity index (χ1n) is 9.04. The highest BCUT2D eigenvalue weighted by molar-refractivity contribution is 5.83. The lowest BCUT2D eigenvalue weighted by molar-refractivity contribution is -0.159. The molecule has 1 fully saturated rings. The lowest BCUT2D eigenvalue weighted by Crippen LogP contribution is -2.50. The molecule has 0 atom stereocenters. The first-order chi connectivity index (χ1) is 13.3. The number of carbonyl (C=O) groups is 2. The molecule has 148 valence electrons. The Morgan fingerprint density at radius 2 is 1.11 bits per heavy atom. The third-order valence-electron chi connectivity index (χ3n) is 5.75. The molecule has 6 heteroatoms. The molecule has 0 bridgehead atoms. The maximum atomic E-state index is 12.1. The second-order valence-electron chi connectivity index (χ2n) is 7.24. The third kappa shape index (κ3) is 3.19. The minimum absolute atomic E-state index is 0.617. The fourth-order valence-corrected chi connectivity index (χ4v) is 4.28. The molecule has 1 aliphatic rings. The Morgan fingerprint density at radius 3 is 1.39 bits per heavy atom. The molecule has 2 N–H and O–H groups in total. The normalized spacial score (nSPS) is 23.6. The predicted octanol–water partition coefficient (Wildman–Crippen LogP) is 3.60. The molecular weight excluding hydrogens is 360 g/mol. The van der Waals surface area contributed by atoms with E-state index in [1.807, 2.05) is 26.0 Å². The molecule has 1 aliphatic carbocycles. The zero-order valence-corrected chi connectivity index (χ0v) is 16.3. The van der Waals surface area contributed by atoms with Gasteiger partial charge in [0, 0.05) is 11.8 Å². The molecular formula is C22H24O6. The van der Waals surface area contributed by atoms with Crippen LogP contribution in [0.5, 0.6) is 11.5 Å². The first kappa shape index (κ1) is 19.7. The van der Waals surface area contributed by atoms with E-state index in [1.165, 1.54) is 14.2 Å². The van der Waals surface area contributed by atoms with Gasteiger partial charge in [-0.25, -0.2) is 0 Å². The highest BCUT2D eigenvalue weighted by Gasteiger charge is 2.58. The summed E-state index contributed by atoms with van der Waals surface area (Å²) in [6.45, 7) is 3.77. The van der Waals surface area contributed by atoms with Crippen molar-refractivity contribution in [2.45, 2.75) is 25.7 Å². The van der Waals surface area contributed by atoms with Crippen molar-refractivity contribution in [3.63, 3.8) is 0 Å². The Balaban J connectivity index is 2.08. The summed E-state index contributed by atoms with van der Waals surface area (Å²) >= 11 is 0. The Morgan fingerprint density at radius 1 is 0.750 bits per heavy atom. The van der Waals surface area contributed by atoms with Gasteiger partial charge >= 0.3 is 11.9 Å². The number of rotatable bonds is 6. The minimum atomic E-state index is -1.01. The Hall–Kier alpha value is -3.02.